The summed E-state index contributed by atoms with van der Waals surface area (Å²) in [4.78, 5) is 42.4. The van der Waals surface area contributed by atoms with Gasteiger partial charge in [0.25, 0.3) is 5.56 Å². The van der Waals surface area contributed by atoms with Crippen LogP contribution in [0.1, 0.15) is 37.7 Å². The van der Waals surface area contributed by atoms with Gasteiger partial charge in [0.1, 0.15) is 12.4 Å². The maximum atomic E-state index is 12.8. The van der Waals surface area contributed by atoms with Crippen molar-refractivity contribution in [3.05, 3.63) is 39.9 Å². The number of nitrogens with zero attached hydrogens (tertiary/aromatic N) is 4. The van der Waals surface area contributed by atoms with Gasteiger partial charge in [0.2, 0.25) is 11.9 Å². The second-order valence-corrected chi connectivity index (χ2v) is 7.73. The first-order valence-electron chi connectivity index (χ1n) is 10.6. The van der Waals surface area contributed by atoms with Crippen LogP contribution in [0, 0.1) is 6.92 Å². The summed E-state index contributed by atoms with van der Waals surface area (Å²) in [6, 6.07) is 4.73. The minimum atomic E-state index is -0.484. The van der Waals surface area contributed by atoms with Crippen molar-refractivity contribution in [2.24, 2.45) is 0 Å². The number of rotatable bonds is 7. The lowest BCUT2D eigenvalue weighted by atomic mass is 10.1. The van der Waals surface area contributed by atoms with Crippen LogP contribution in [0.4, 0.5) is 16.7 Å². The number of fused-ring (bicyclic) bond motifs is 1. The van der Waals surface area contributed by atoms with Gasteiger partial charge in [0.15, 0.2) is 11.5 Å². The number of H-pyrrole nitrogens is 1. The van der Waals surface area contributed by atoms with Crippen LogP contribution >= 0.6 is 0 Å². The van der Waals surface area contributed by atoms with Gasteiger partial charge in [-0.05, 0) is 32.4 Å². The molecule has 33 heavy (non-hydrogen) atoms. The van der Waals surface area contributed by atoms with Crippen LogP contribution in [0.5, 0.6) is 11.5 Å². The van der Waals surface area contributed by atoms with Crippen molar-refractivity contribution in [2.45, 2.75) is 39.3 Å². The summed E-state index contributed by atoms with van der Waals surface area (Å²) < 4.78 is 15.8. The van der Waals surface area contributed by atoms with Crippen LogP contribution in [0.25, 0.3) is 10.9 Å². The van der Waals surface area contributed by atoms with Crippen LogP contribution < -0.4 is 25.2 Å². The first-order valence-corrected chi connectivity index (χ1v) is 10.6. The Labute approximate surface area is 190 Å². The fourth-order valence-corrected chi connectivity index (χ4v) is 3.79. The van der Waals surface area contributed by atoms with Crippen LogP contribution in [-0.2, 0) is 4.74 Å². The maximum absolute atomic E-state index is 12.8. The highest BCUT2D eigenvalue weighted by Gasteiger charge is 2.35. The van der Waals surface area contributed by atoms with Gasteiger partial charge in [0.05, 0.1) is 31.8 Å². The molecule has 1 fully saturated rings. The Morgan fingerprint density at radius 1 is 1.18 bits per heavy atom. The molecule has 1 saturated heterocycles. The van der Waals surface area contributed by atoms with Crippen LogP contribution in [0.15, 0.2) is 23.0 Å². The molecule has 0 spiro atoms. The lowest BCUT2D eigenvalue weighted by molar-refractivity contribution is 0.178. The third-order valence-corrected chi connectivity index (χ3v) is 5.57. The molecule has 0 unspecified atom stereocenters. The van der Waals surface area contributed by atoms with Gasteiger partial charge < -0.3 is 24.5 Å². The molecule has 0 radical (unpaired) electrons. The minimum absolute atomic E-state index is 0.139. The number of amides is 1. The van der Waals surface area contributed by atoms with Gasteiger partial charge in [-0.2, -0.15) is 15.0 Å². The van der Waals surface area contributed by atoms with Gasteiger partial charge in [-0.15, -0.1) is 0 Å². The van der Waals surface area contributed by atoms with Gasteiger partial charge in [-0.25, -0.2) is 9.69 Å². The number of cyclic esters (lactones) is 1. The average Bonchev–Trinajstić information content (AvgIpc) is 3.17. The Bertz CT molecular complexity index is 1260. The lowest BCUT2D eigenvalue weighted by Gasteiger charge is -2.20. The van der Waals surface area contributed by atoms with E-state index in [1.807, 2.05) is 13.8 Å². The fraction of sp³-hybridized carbons (Fsp3) is 0.409. The monoisotopic (exact) mass is 454 g/mol. The number of pyridine rings is 1. The molecule has 2 aromatic heterocycles. The molecule has 11 nitrogen and oxygen atoms in total. The van der Waals surface area contributed by atoms with E-state index in [9.17, 15) is 9.59 Å². The fourth-order valence-electron chi connectivity index (χ4n) is 3.79. The highest BCUT2D eigenvalue weighted by Crippen LogP contribution is 2.32. The van der Waals surface area contributed by atoms with E-state index in [0.29, 0.717) is 41.4 Å². The second-order valence-electron chi connectivity index (χ2n) is 7.73. The van der Waals surface area contributed by atoms with E-state index in [-0.39, 0.29) is 23.5 Å². The van der Waals surface area contributed by atoms with E-state index in [0.717, 1.165) is 5.39 Å². The predicted molar refractivity (Wildman–Crippen MR) is 122 cm³/mol. The Balaban J connectivity index is 1.66. The molecule has 174 valence electrons. The van der Waals surface area contributed by atoms with Crippen molar-refractivity contribution in [1.29, 1.82) is 0 Å². The van der Waals surface area contributed by atoms with Gasteiger partial charge in [-0.3, -0.25) is 4.79 Å². The summed E-state index contributed by atoms with van der Waals surface area (Å²) in [5.74, 6) is 2.00. The van der Waals surface area contributed by atoms with E-state index in [1.165, 1.54) is 12.0 Å². The number of nitrogens with one attached hydrogen (secondary N) is 2. The number of anilines is 2. The number of methoxy groups -OCH3 is 2. The van der Waals surface area contributed by atoms with E-state index >= 15 is 0 Å². The molecular weight excluding hydrogens is 428 g/mol. The normalized spacial score (nSPS) is 16.6. The Morgan fingerprint density at radius 3 is 2.61 bits per heavy atom. The Kier molecular flexibility index (Phi) is 6.03. The summed E-state index contributed by atoms with van der Waals surface area (Å²) in [7, 11) is 3.10. The smallest absolute Gasteiger partial charge is 0.417 e. The summed E-state index contributed by atoms with van der Waals surface area (Å²) in [5.41, 5.74) is 0.862. The summed E-state index contributed by atoms with van der Waals surface area (Å²) >= 11 is 0. The highest BCUT2D eigenvalue weighted by molar-refractivity contribution is 5.88. The number of hydrogen-bond acceptors (Lipinski definition) is 9. The quantitative estimate of drug-likeness (QED) is 0.553. The summed E-state index contributed by atoms with van der Waals surface area (Å²) in [5, 5.41) is 3.94. The maximum Gasteiger partial charge on any atom is 0.417 e. The summed E-state index contributed by atoms with van der Waals surface area (Å²) in [6.07, 6.45) is 0.220. The molecule has 1 aromatic carbocycles. The molecular formula is C22H26N6O5. The molecule has 2 atom stereocenters. The predicted octanol–water partition coefficient (Wildman–Crippen LogP) is 2.95. The molecule has 1 amide bonds. The number of aromatic nitrogens is 4. The number of carbonyl (C=O) groups excluding carboxylic acids is 1. The van der Waals surface area contributed by atoms with Crippen LogP contribution in [0.3, 0.4) is 0 Å². The Hall–Kier alpha value is -3.89. The van der Waals surface area contributed by atoms with Crippen molar-refractivity contribution in [3.63, 3.8) is 0 Å². The molecule has 4 rings (SSSR count). The molecule has 0 aliphatic carbocycles. The molecule has 0 bridgehead atoms. The zero-order valence-electron chi connectivity index (χ0n) is 19.1. The molecule has 0 saturated carbocycles. The number of aryl methyl sites for hydroxylation is 1. The number of aromatic amines is 1. The standard InChI is InChI=1S/C22H26N6O5/c1-6-14-10-33-22(30)28(14)21-25-12(3)24-20(27-21)23-11(2)15-7-13-8-17(31-4)18(32-5)9-16(13)26-19(15)29/h7-9,11,14H,6,10H2,1-5H3,(H,26,29)(H,23,24,25,27)/t11-,14-/m0/s1. The number of hydrogen-bond donors (Lipinski definition) is 2. The minimum Gasteiger partial charge on any atom is -0.493 e. The molecule has 11 heteroatoms. The largest absolute Gasteiger partial charge is 0.493 e. The Morgan fingerprint density at radius 2 is 1.91 bits per heavy atom. The van der Waals surface area contributed by atoms with E-state index in [2.05, 4.69) is 25.3 Å². The summed E-state index contributed by atoms with van der Waals surface area (Å²) in [6.45, 7) is 5.80. The van der Waals surface area contributed by atoms with E-state index in [1.54, 1.807) is 32.2 Å². The molecule has 1 aliphatic rings. The lowest BCUT2D eigenvalue weighted by Crippen LogP contribution is -2.35. The first kappa shape index (κ1) is 22.3. The highest BCUT2D eigenvalue weighted by atomic mass is 16.6. The zero-order chi connectivity index (χ0) is 23.7. The number of carbonyl (C=O) groups is 1. The molecule has 3 aromatic rings. The van der Waals surface area contributed by atoms with Crippen molar-refractivity contribution < 1.29 is 19.0 Å². The van der Waals surface area contributed by atoms with Gasteiger partial charge in [-0.1, -0.05) is 6.92 Å². The number of benzene rings is 1. The third kappa shape index (κ3) is 4.26. The molecule has 2 N–H and O–H groups in total. The van der Waals surface area contributed by atoms with Gasteiger partial charge in [0, 0.05) is 17.0 Å². The van der Waals surface area contributed by atoms with Crippen molar-refractivity contribution in [1.82, 2.24) is 19.9 Å². The molecule has 1 aliphatic heterocycles. The van der Waals surface area contributed by atoms with Gasteiger partial charge >= 0.3 is 6.09 Å². The zero-order valence-corrected chi connectivity index (χ0v) is 19.1. The van der Waals surface area contributed by atoms with Crippen molar-refractivity contribution in [3.8, 4) is 11.5 Å². The topological polar surface area (TPSA) is 132 Å². The van der Waals surface area contributed by atoms with Crippen molar-refractivity contribution in [2.75, 3.05) is 31.0 Å². The average molecular weight is 454 g/mol. The van der Waals surface area contributed by atoms with E-state index in [4.69, 9.17) is 14.2 Å². The third-order valence-electron chi connectivity index (χ3n) is 5.57. The number of ether oxygens (including phenoxy) is 3. The van der Waals surface area contributed by atoms with Crippen molar-refractivity contribution >= 4 is 28.9 Å². The first-order chi connectivity index (χ1) is 15.8. The van der Waals surface area contributed by atoms with E-state index < -0.39 is 12.1 Å². The van der Waals surface area contributed by atoms with Crippen LogP contribution in [-0.4, -0.2) is 52.9 Å². The molecule has 3 heterocycles. The SMILES string of the molecule is CC[C@H]1COC(=O)N1c1nc(C)nc(N[C@@H](C)c2cc3cc(OC)c(OC)cc3[nH]c2=O)n1. The van der Waals surface area contributed by atoms with Crippen LogP contribution in [0.2, 0.25) is 0 Å². The second kappa shape index (κ2) is 8.93.